The van der Waals surface area contributed by atoms with Gasteiger partial charge in [0, 0.05) is 50.4 Å². The summed E-state index contributed by atoms with van der Waals surface area (Å²) in [7, 11) is 0. The van der Waals surface area contributed by atoms with Gasteiger partial charge in [0.1, 0.15) is 11.4 Å². The summed E-state index contributed by atoms with van der Waals surface area (Å²) in [4.78, 5) is 23.2. The average molecular weight is 885 g/mol. The normalized spacial score (nSPS) is 14.9. The third-order valence-corrected chi connectivity index (χ3v) is 14.1. The first-order valence-corrected chi connectivity index (χ1v) is 23.1. The van der Waals surface area contributed by atoms with Crippen LogP contribution in [0.4, 0.5) is 17.1 Å². The van der Waals surface area contributed by atoms with Crippen LogP contribution in [0.5, 0.6) is 23.0 Å². The Morgan fingerprint density at radius 2 is 1.07 bits per heavy atom. The number of hydrogen-bond donors (Lipinski definition) is 0. The van der Waals surface area contributed by atoms with E-state index in [1.807, 2.05) is 72.9 Å². The summed E-state index contributed by atoms with van der Waals surface area (Å²) >= 11 is 0. The third kappa shape index (κ3) is 5.28. The van der Waals surface area contributed by atoms with E-state index in [0.29, 0.717) is 23.0 Å². The molecule has 0 saturated heterocycles. The van der Waals surface area contributed by atoms with Gasteiger partial charge < -0.3 is 18.9 Å². The van der Waals surface area contributed by atoms with E-state index in [1.54, 1.807) is 0 Å². The van der Waals surface area contributed by atoms with Crippen LogP contribution in [0.3, 0.4) is 0 Å². The molecule has 1 atom stereocenters. The van der Waals surface area contributed by atoms with Gasteiger partial charge in [-0.05, 0) is 83.9 Å². The van der Waals surface area contributed by atoms with E-state index in [-0.39, 0.29) is 0 Å². The standard InChI is InChI=1S/C61H36N6O2/c1-2-16-37(17-3-1)55-42-22-4-8-25-47(42)64-60(65-55)48-33-31-45-57(63-48)56-44(24-15-35-62-56)61(45)43-23-7-12-29-53(43)68-58-46(61)32-34-52-59(58)69-54-30-13-11-28-51(54)67(52)39-19-14-18-38(36-39)66-49-26-9-5-20-40(49)41-21-6-10-27-50(41)66/h1-36H. The Morgan fingerprint density at radius 1 is 0.406 bits per heavy atom. The smallest absolute Gasteiger partial charge is 0.194 e. The molecule has 4 aromatic heterocycles. The highest BCUT2D eigenvalue weighted by Gasteiger charge is 2.54. The highest BCUT2D eigenvalue weighted by molar-refractivity contribution is 6.09. The number of para-hydroxylation sites is 6. The Hall–Kier alpha value is -9.40. The van der Waals surface area contributed by atoms with Gasteiger partial charge in [0.25, 0.3) is 0 Å². The Balaban J connectivity index is 0.934. The van der Waals surface area contributed by atoms with Crippen LogP contribution in [0.1, 0.15) is 22.3 Å². The van der Waals surface area contributed by atoms with E-state index in [9.17, 15) is 0 Å². The molecule has 69 heavy (non-hydrogen) atoms. The van der Waals surface area contributed by atoms with E-state index in [0.717, 1.165) is 101 Å². The van der Waals surface area contributed by atoms with Crippen molar-refractivity contribution in [1.82, 2.24) is 24.5 Å². The summed E-state index contributed by atoms with van der Waals surface area (Å²) < 4.78 is 16.6. The molecule has 1 spiro atoms. The van der Waals surface area contributed by atoms with Gasteiger partial charge in [0.15, 0.2) is 23.1 Å². The molecule has 1 unspecified atom stereocenters. The number of ether oxygens (including phenoxy) is 2. The second-order valence-corrected chi connectivity index (χ2v) is 17.7. The zero-order valence-electron chi connectivity index (χ0n) is 36.8. The Kier molecular flexibility index (Phi) is 7.83. The lowest BCUT2D eigenvalue weighted by molar-refractivity contribution is 0.391. The molecule has 8 heteroatoms. The average Bonchev–Trinajstić information content (AvgIpc) is 3.91. The molecule has 0 fully saturated rings. The van der Waals surface area contributed by atoms with Crippen molar-refractivity contribution in [3.63, 3.8) is 0 Å². The van der Waals surface area contributed by atoms with Crippen molar-refractivity contribution >= 4 is 49.8 Å². The lowest BCUT2D eigenvalue weighted by Crippen LogP contribution is -2.33. The Morgan fingerprint density at radius 3 is 1.93 bits per heavy atom. The number of nitrogens with zero attached hydrogens (tertiary/aromatic N) is 6. The largest absolute Gasteiger partial charge is 0.453 e. The number of hydrogen-bond acceptors (Lipinski definition) is 7. The van der Waals surface area contributed by atoms with Crippen LogP contribution in [0.25, 0.3) is 72.6 Å². The van der Waals surface area contributed by atoms with Crippen molar-refractivity contribution in [3.05, 3.63) is 241 Å². The summed E-state index contributed by atoms with van der Waals surface area (Å²) in [5.41, 5.74) is 14.2. The van der Waals surface area contributed by atoms with Gasteiger partial charge >= 0.3 is 0 Å². The van der Waals surface area contributed by atoms with E-state index in [4.69, 9.17) is 29.4 Å². The molecule has 2 aliphatic heterocycles. The molecule has 1 aliphatic carbocycles. The minimum Gasteiger partial charge on any atom is -0.453 e. The van der Waals surface area contributed by atoms with Gasteiger partial charge in [0.2, 0.25) is 0 Å². The highest BCUT2D eigenvalue weighted by atomic mass is 16.5. The van der Waals surface area contributed by atoms with Crippen molar-refractivity contribution in [2.24, 2.45) is 0 Å². The number of aromatic nitrogens is 5. The third-order valence-electron chi connectivity index (χ3n) is 14.1. The zero-order chi connectivity index (χ0) is 45.2. The van der Waals surface area contributed by atoms with Crippen LogP contribution in [-0.4, -0.2) is 24.5 Å². The fraction of sp³-hybridized carbons (Fsp3) is 0.0164. The summed E-state index contributed by atoms with van der Waals surface area (Å²) in [6.45, 7) is 0. The fourth-order valence-corrected chi connectivity index (χ4v) is 11.3. The molecule has 0 N–H and O–H groups in total. The van der Waals surface area contributed by atoms with E-state index in [1.165, 1.54) is 10.8 Å². The molecule has 15 rings (SSSR count). The monoisotopic (exact) mass is 884 g/mol. The maximum atomic E-state index is 7.14. The number of anilines is 3. The lowest BCUT2D eigenvalue weighted by atomic mass is 9.66. The molecule has 8 aromatic carbocycles. The SMILES string of the molecule is c1ccc(-c2nc(-c3ccc4c(n3)-c3ncccc3C43c4ccccc4Oc4c3ccc3c4Oc4ccccc4N3c3cccc(-n4c5ccccc5c5ccccc54)c3)nc3ccccc23)cc1. The molecule has 3 aliphatic rings. The molecule has 0 amide bonds. The molecular weight excluding hydrogens is 849 g/mol. The van der Waals surface area contributed by atoms with Gasteiger partial charge in [0.05, 0.1) is 50.4 Å². The van der Waals surface area contributed by atoms with E-state index < -0.39 is 5.41 Å². The lowest BCUT2D eigenvalue weighted by Gasteiger charge is -2.41. The number of benzene rings is 8. The predicted octanol–water partition coefficient (Wildman–Crippen LogP) is 14.9. The Labute approximate surface area is 396 Å². The van der Waals surface area contributed by atoms with E-state index >= 15 is 0 Å². The van der Waals surface area contributed by atoms with Crippen molar-refractivity contribution < 1.29 is 9.47 Å². The first-order valence-electron chi connectivity index (χ1n) is 23.1. The fourth-order valence-electron chi connectivity index (χ4n) is 11.3. The van der Waals surface area contributed by atoms with Gasteiger partial charge in [-0.25, -0.2) is 15.0 Å². The molecule has 0 radical (unpaired) electrons. The molecule has 8 nitrogen and oxygen atoms in total. The van der Waals surface area contributed by atoms with Crippen molar-refractivity contribution in [2.45, 2.75) is 5.41 Å². The molecule has 0 saturated carbocycles. The van der Waals surface area contributed by atoms with E-state index in [2.05, 4.69) is 155 Å². The zero-order valence-corrected chi connectivity index (χ0v) is 36.8. The van der Waals surface area contributed by atoms with Gasteiger partial charge in [-0.2, -0.15) is 0 Å². The Bertz CT molecular complexity index is 4070. The first kappa shape index (κ1) is 37.8. The van der Waals surface area contributed by atoms with Crippen LogP contribution < -0.4 is 14.4 Å². The van der Waals surface area contributed by atoms with Crippen molar-refractivity contribution in [3.8, 4) is 62.8 Å². The number of rotatable bonds is 4. The van der Waals surface area contributed by atoms with Crippen LogP contribution in [0.2, 0.25) is 0 Å². The second kappa shape index (κ2) is 14.3. The van der Waals surface area contributed by atoms with Crippen molar-refractivity contribution in [1.29, 1.82) is 0 Å². The maximum Gasteiger partial charge on any atom is 0.194 e. The number of pyridine rings is 2. The molecule has 12 aromatic rings. The van der Waals surface area contributed by atoms with Gasteiger partial charge in [-0.3, -0.25) is 4.98 Å². The quantitative estimate of drug-likeness (QED) is 0.174. The van der Waals surface area contributed by atoms with Crippen LogP contribution in [0, 0.1) is 0 Å². The van der Waals surface area contributed by atoms with Gasteiger partial charge in [-0.1, -0.05) is 140 Å². The minimum atomic E-state index is -0.856. The first-order chi connectivity index (χ1) is 34.2. The maximum absolute atomic E-state index is 7.14. The molecule has 322 valence electrons. The molecule has 0 bridgehead atoms. The summed E-state index contributed by atoms with van der Waals surface area (Å²) in [5.74, 6) is 3.27. The van der Waals surface area contributed by atoms with Crippen LogP contribution >= 0.6 is 0 Å². The number of fused-ring (bicyclic) bond motifs is 16. The van der Waals surface area contributed by atoms with Gasteiger partial charge in [-0.15, -0.1) is 0 Å². The summed E-state index contributed by atoms with van der Waals surface area (Å²) in [5, 5.41) is 3.42. The van der Waals surface area contributed by atoms with Crippen LogP contribution in [0.15, 0.2) is 219 Å². The topological polar surface area (TPSA) is 78.2 Å². The molecule has 6 heterocycles. The summed E-state index contributed by atoms with van der Waals surface area (Å²) in [6, 6.07) is 73.8. The second-order valence-electron chi connectivity index (χ2n) is 17.7. The van der Waals surface area contributed by atoms with Crippen molar-refractivity contribution in [2.75, 3.05) is 4.90 Å². The highest BCUT2D eigenvalue weighted by Crippen LogP contribution is 2.66. The molecular formula is C61H36N6O2. The summed E-state index contributed by atoms with van der Waals surface area (Å²) in [6.07, 6.45) is 1.85. The minimum absolute atomic E-state index is 0.546. The van der Waals surface area contributed by atoms with Crippen LogP contribution in [-0.2, 0) is 5.41 Å². The predicted molar refractivity (Wildman–Crippen MR) is 272 cm³/mol.